The number of hydrogen-bond acceptors (Lipinski definition) is 19. The van der Waals surface area contributed by atoms with Gasteiger partial charge in [0.1, 0.15) is 43.2 Å². The first-order valence-corrected chi connectivity index (χ1v) is 19.9. The van der Waals surface area contributed by atoms with Gasteiger partial charge in [-0.15, -0.1) is 0 Å². The van der Waals surface area contributed by atoms with Gasteiger partial charge in [0.15, 0.2) is 6.10 Å². The summed E-state index contributed by atoms with van der Waals surface area (Å²) in [5.74, 6) is -1.53. The van der Waals surface area contributed by atoms with Crippen LogP contribution in [0.4, 0.5) is 0 Å². The van der Waals surface area contributed by atoms with Gasteiger partial charge in [-0.2, -0.15) is 0 Å². The predicted molar refractivity (Wildman–Crippen MR) is 168 cm³/mol. The fourth-order valence-electron chi connectivity index (χ4n) is 4.11. The number of carbonyl (C=O) groups is 2. The first-order chi connectivity index (χ1) is 21.5. The zero-order valence-corrected chi connectivity index (χ0v) is 32.7. The van der Waals surface area contributed by atoms with Crippen molar-refractivity contribution in [2.45, 2.75) is 108 Å². The van der Waals surface area contributed by atoms with Crippen LogP contribution in [0.3, 0.4) is 0 Å². The van der Waals surface area contributed by atoms with Crippen LogP contribution in [0.5, 0.6) is 0 Å². The second kappa shape index (κ2) is 25.3. The molecule has 0 bridgehead atoms. The summed E-state index contributed by atoms with van der Waals surface area (Å²) in [5.41, 5.74) is 0. The molecule has 1 fully saturated rings. The van der Waals surface area contributed by atoms with E-state index in [0.29, 0.717) is 25.7 Å². The molecule has 310 valence electrons. The number of phosphoric ester groups is 4. The van der Waals surface area contributed by atoms with Crippen LogP contribution in [-0.2, 0) is 59.9 Å². The van der Waals surface area contributed by atoms with Gasteiger partial charge in [0.25, 0.3) is 31.3 Å². The van der Waals surface area contributed by atoms with Crippen LogP contribution in [0.25, 0.3) is 0 Å². The van der Waals surface area contributed by atoms with Crippen molar-refractivity contribution in [2.24, 2.45) is 0 Å². The summed E-state index contributed by atoms with van der Waals surface area (Å²) >= 11 is 0. The molecule has 0 saturated heterocycles. The Morgan fingerprint density at radius 3 is 1.39 bits per heavy atom. The first kappa shape index (κ1) is 56.9. The molecule has 30 heteroatoms. The number of aliphatic hydroxyl groups excluding tert-OH is 2. The molecule has 0 amide bonds. The van der Waals surface area contributed by atoms with Crippen molar-refractivity contribution in [1.82, 2.24) is 24.6 Å². The molecular formula is C21H54N4O22P4. The van der Waals surface area contributed by atoms with Crippen molar-refractivity contribution < 1.29 is 104 Å². The van der Waals surface area contributed by atoms with Crippen molar-refractivity contribution >= 4 is 43.2 Å². The van der Waals surface area contributed by atoms with E-state index >= 15 is 0 Å². The van der Waals surface area contributed by atoms with Gasteiger partial charge in [-0.1, -0.05) is 39.5 Å². The Bertz CT molecular complexity index is 1160. The second-order valence-corrected chi connectivity index (χ2v) is 14.9. The Kier molecular flexibility index (Phi) is 28.2. The van der Waals surface area contributed by atoms with Gasteiger partial charge >= 0.3 is 11.9 Å². The maximum Gasteiger partial charge on any atom is 0.306 e. The van der Waals surface area contributed by atoms with Crippen LogP contribution in [-0.4, -0.2) is 92.8 Å². The fraction of sp³-hybridized carbons (Fsp3) is 0.905. The molecule has 0 aliphatic heterocycles. The predicted octanol–water partition coefficient (Wildman–Crippen LogP) is -0.750. The minimum atomic E-state index is -6.06. The van der Waals surface area contributed by atoms with Crippen molar-refractivity contribution in [1.29, 1.82) is 0 Å². The fourth-order valence-corrected chi connectivity index (χ4v) is 6.72. The van der Waals surface area contributed by atoms with E-state index in [-0.39, 0.29) is 37.4 Å². The third kappa shape index (κ3) is 23.5. The molecule has 51 heavy (non-hydrogen) atoms. The number of aliphatic hydroxyl groups is 2. The van der Waals surface area contributed by atoms with Crippen LogP contribution >= 0.6 is 31.3 Å². The molecule has 1 aliphatic carbocycles. The van der Waals surface area contributed by atoms with Gasteiger partial charge in [-0.05, 0) is 12.8 Å². The molecule has 0 aromatic heterocycles. The molecule has 0 aromatic rings. The van der Waals surface area contributed by atoms with E-state index in [4.69, 9.17) is 24.2 Å². The summed E-state index contributed by atoms with van der Waals surface area (Å²) in [6, 6.07) is 0. The summed E-state index contributed by atoms with van der Waals surface area (Å²) in [5, 5.41) is 21.2. The van der Waals surface area contributed by atoms with E-state index in [0.717, 1.165) is 12.8 Å². The Balaban J connectivity index is -0.00000276. The van der Waals surface area contributed by atoms with E-state index in [9.17, 15) is 57.6 Å². The third-order valence-electron chi connectivity index (χ3n) is 6.13. The van der Waals surface area contributed by atoms with Gasteiger partial charge in [0.05, 0.1) is 6.61 Å². The largest absolute Gasteiger partial charge is 0.756 e. The maximum atomic E-state index is 12.7. The van der Waals surface area contributed by atoms with Crippen molar-refractivity contribution in [3.8, 4) is 0 Å². The minimum absolute atomic E-state index is 0. The summed E-state index contributed by atoms with van der Waals surface area (Å²) in [4.78, 5) is 98.5. The molecule has 1 rings (SSSR count). The summed E-state index contributed by atoms with van der Waals surface area (Å²) in [7, 11) is -24.1. The molecular weight excluding hydrogens is 784 g/mol. The lowest BCUT2D eigenvalue weighted by molar-refractivity contribution is -0.286. The van der Waals surface area contributed by atoms with Crippen LogP contribution in [0.15, 0.2) is 0 Å². The average Bonchev–Trinajstić information content (AvgIpc) is 2.91. The molecule has 1 saturated carbocycles. The highest BCUT2D eigenvalue weighted by atomic mass is 31.2. The topological polar surface area (TPSA) is 506 Å². The number of quaternary nitrogens is 4. The van der Waals surface area contributed by atoms with Gasteiger partial charge < -0.3 is 101 Å². The first-order valence-electron chi connectivity index (χ1n) is 14.0. The lowest BCUT2D eigenvalue weighted by Gasteiger charge is -2.49. The number of phosphoric acid groups is 4. The van der Waals surface area contributed by atoms with Crippen LogP contribution < -0.4 is 44.2 Å². The Hall–Kier alpha value is -0.860. The van der Waals surface area contributed by atoms with E-state index in [2.05, 4.69) is 22.6 Å². The zero-order valence-electron chi connectivity index (χ0n) is 29.1. The Morgan fingerprint density at radius 1 is 0.608 bits per heavy atom. The summed E-state index contributed by atoms with van der Waals surface area (Å²) < 4.78 is 78.5. The van der Waals surface area contributed by atoms with Crippen LogP contribution in [0.2, 0.25) is 0 Å². The highest BCUT2D eigenvalue weighted by Gasteiger charge is 2.56. The highest BCUT2D eigenvalue weighted by Crippen LogP contribution is 2.50. The van der Waals surface area contributed by atoms with E-state index in [1.54, 1.807) is 0 Å². The SMILES string of the molecule is CCCCCC(=O)OC[C@H](COP(=O)([O-])OC1[C@H](O)[C@H](OP(=O)([O-])O)C(OP(=O)([O-])O)[C@H](OP(=O)([O-])O)[C@H]1O)OC(=O)CCCCC.[NH4+].[NH4+].[NH4+].[NH4+]. The number of ether oxygens (including phenoxy) is 2. The van der Waals surface area contributed by atoms with Crippen molar-refractivity contribution in [3.63, 3.8) is 0 Å². The zero-order chi connectivity index (χ0) is 36.2. The molecule has 11 atom stereocenters. The minimum Gasteiger partial charge on any atom is -0.756 e. The van der Waals surface area contributed by atoms with Gasteiger partial charge in [-0.3, -0.25) is 27.8 Å². The number of hydrogen-bond donors (Lipinski definition) is 9. The Labute approximate surface area is 293 Å². The van der Waals surface area contributed by atoms with Crippen molar-refractivity contribution in [3.05, 3.63) is 0 Å². The quantitative estimate of drug-likeness (QED) is 0.0368. The average molecular weight is 839 g/mol. The Morgan fingerprint density at radius 2 is 1.00 bits per heavy atom. The lowest BCUT2D eigenvalue weighted by atomic mass is 9.85. The third-order valence-corrected chi connectivity index (χ3v) is 8.62. The number of unbranched alkanes of at least 4 members (excludes halogenated alkanes) is 4. The van der Waals surface area contributed by atoms with Crippen molar-refractivity contribution in [2.75, 3.05) is 13.2 Å². The molecule has 26 nitrogen and oxygen atoms in total. The summed E-state index contributed by atoms with van der Waals surface area (Å²) in [6.45, 7) is 1.96. The van der Waals surface area contributed by atoms with Gasteiger partial charge in [0, 0.05) is 12.8 Å². The number of rotatable bonds is 22. The monoisotopic (exact) mass is 838 g/mol. The normalized spacial score (nSPS) is 26.7. The highest BCUT2D eigenvalue weighted by molar-refractivity contribution is 7.46. The van der Waals surface area contributed by atoms with E-state index in [1.807, 2.05) is 13.8 Å². The molecule has 0 radical (unpaired) electrons. The lowest BCUT2D eigenvalue weighted by Crippen LogP contribution is -2.66. The smallest absolute Gasteiger partial charge is 0.306 e. The number of carbonyl (C=O) groups excluding carboxylic acids is 2. The second-order valence-electron chi connectivity index (χ2n) is 10.1. The molecule has 0 heterocycles. The molecule has 0 spiro atoms. The summed E-state index contributed by atoms with van der Waals surface area (Å²) in [6.07, 6.45) is -15.1. The van der Waals surface area contributed by atoms with Crippen LogP contribution in [0.1, 0.15) is 65.2 Å². The molecule has 0 aromatic carbocycles. The molecule has 6 unspecified atom stereocenters. The standard InChI is InChI=1S/C21H42O22P4.4H3N/c1-3-5-7-9-14(22)37-11-13(39-15(23)10-8-6-4-2)12-38-47(35,36)43-18-16(24)19(40-44(26,27)28)21(42-46(32,33)34)20(17(18)25)41-45(29,30)31;;;;/h13,16-21,24-25H,3-12H2,1-2H3,(H,35,36)(H2,26,27,28)(H2,29,30,31)(H2,32,33,34);4*1H3/t13-,16+,17+,18?,19-,20+,21?;;;;/m1..../s1. The maximum absolute atomic E-state index is 12.7. The van der Waals surface area contributed by atoms with Crippen LogP contribution in [0, 0.1) is 0 Å². The van der Waals surface area contributed by atoms with Gasteiger partial charge in [-0.25, -0.2) is 0 Å². The van der Waals surface area contributed by atoms with Gasteiger partial charge in [0.2, 0.25) is 0 Å². The molecule has 1 aliphatic rings. The molecule has 21 N–H and O–H groups in total. The van der Waals surface area contributed by atoms with E-state index in [1.165, 1.54) is 0 Å². The van der Waals surface area contributed by atoms with E-state index < -0.39 is 99.2 Å². The number of esters is 2.